The fourth-order valence-corrected chi connectivity index (χ4v) is 1.22. The summed E-state index contributed by atoms with van der Waals surface area (Å²) in [5, 5.41) is 1.28. The summed E-state index contributed by atoms with van der Waals surface area (Å²) in [6.45, 7) is 0. The molecule has 0 aliphatic carbocycles. The number of para-hydroxylation sites is 2. The van der Waals surface area contributed by atoms with Crippen molar-refractivity contribution >= 4 is 11.4 Å². The average molecular weight is 179 g/mol. The highest BCUT2D eigenvalue weighted by Gasteiger charge is 2.11. The Hall–Kier alpha value is -1.10. The van der Waals surface area contributed by atoms with Crippen LogP contribution in [0.25, 0.3) is 11.7 Å². The van der Waals surface area contributed by atoms with Gasteiger partial charge < -0.3 is 21.3 Å². The van der Waals surface area contributed by atoms with E-state index < -0.39 is 0 Å². The van der Waals surface area contributed by atoms with Crippen molar-refractivity contribution in [2.75, 3.05) is 26.2 Å². The third-order valence-electron chi connectivity index (χ3n) is 1.85. The monoisotopic (exact) mass is 179 g/mol. The van der Waals surface area contributed by atoms with Gasteiger partial charge in [-0.3, -0.25) is 0 Å². The second-order valence-corrected chi connectivity index (χ2v) is 3.50. The zero-order valence-corrected chi connectivity index (χ0v) is 8.20. The molecule has 1 rings (SSSR count). The van der Waals surface area contributed by atoms with Crippen LogP contribution in [0.4, 0.5) is 11.4 Å². The van der Waals surface area contributed by atoms with E-state index in [4.69, 9.17) is 11.7 Å². The minimum absolute atomic E-state index is 0.0145. The average Bonchev–Trinajstić information content (AvgIpc) is 2.03. The van der Waals surface area contributed by atoms with Crippen molar-refractivity contribution in [3.05, 3.63) is 36.0 Å². The number of hydrogen-bond acceptors (Lipinski definition) is 1. The van der Waals surface area contributed by atoms with Crippen molar-refractivity contribution in [3.8, 4) is 0 Å². The molecule has 0 saturated carbocycles. The smallest absolute Gasteiger partial charge is 0.145 e. The molecule has 0 saturated heterocycles. The van der Waals surface area contributed by atoms with Gasteiger partial charge in [0, 0.05) is 6.07 Å². The van der Waals surface area contributed by atoms with Crippen LogP contribution in [-0.2, 0) is 0 Å². The molecule has 0 bridgehead atoms. The molecule has 72 valence electrons. The van der Waals surface area contributed by atoms with Crippen LogP contribution in [0, 0.1) is 0 Å². The Balaban J connectivity index is 3.20. The molecular weight excluding hydrogens is 164 g/mol. The van der Waals surface area contributed by atoms with Gasteiger partial charge in [0.15, 0.2) is 0 Å². The van der Waals surface area contributed by atoms with Gasteiger partial charge in [0.25, 0.3) is 0 Å². The lowest BCUT2D eigenvalue weighted by Crippen LogP contribution is -2.31. The summed E-state index contributed by atoms with van der Waals surface area (Å²) >= 11 is 0. The Kier molecular flexibility index (Phi) is 2.56. The Morgan fingerprint density at radius 3 is 2.15 bits per heavy atom. The number of anilines is 1. The van der Waals surface area contributed by atoms with Crippen LogP contribution < -0.4 is 9.60 Å². The summed E-state index contributed by atoms with van der Waals surface area (Å²) in [5.74, 6) is 15.3. The van der Waals surface area contributed by atoms with Gasteiger partial charge in [-0.15, -0.1) is 0 Å². The topological polar surface area (TPSA) is 50.8 Å². The molecule has 0 amide bonds. The highest BCUT2D eigenvalue weighted by atomic mass is 15.6. The molecule has 13 heavy (non-hydrogen) atoms. The van der Waals surface area contributed by atoms with Gasteiger partial charge in [0.1, 0.15) is 5.69 Å². The molecule has 0 aliphatic heterocycles. The van der Waals surface area contributed by atoms with Crippen LogP contribution >= 0.6 is 0 Å². The molecule has 0 unspecified atom stereocenters. The van der Waals surface area contributed by atoms with Crippen LogP contribution in [0.5, 0.6) is 0 Å². The summed E-state index contributed by atoms with van der Waals surface area (Å²) in [4.78, 5) is 0. The van der Waals surface area contributed by atoms with Gasteiger partial charge in [-0.1, -0.05) is 12.1 Å². The Morgan fingerprint density at radius 2 is 1.77 bits per heavy atom. The van der Waals surface area contributed by atoms with E-state index in [9.17, 15) is 0 Å². The zero-order valence-electron chi connectivity index (χ0n) is 8.20. The molecular formula is C9H15N4-. The molecule has 1 aromatic rings. The minimum Gasteiger partial charge on any atom is -0.583 e. The van der Waals surface area contributed by atoms with E-state index in [1.165, 1.54) is 5.01 Å². The van der Waals surface area contributed by atoms with E-state index in [1.807, 2.05) is 24.3 Å². The maximum Gasteiger partial charge on any atom is 0.145 e. The third-order valence-corrected chi connectivity index (χ3v) is 1.85. The first kappa shape index (κ1) is 9.98. The van der Waals surface area contributed by atoms with E-state index in [0.717, 1.165) is 11.4 Å². The lowest BCUT2D eigenvalue weighted by Gasteiger charge is -2.37. The minimum atomic E-state index is -0.0145. The number of rotatable bonds is 2. The standard InChI is InChI=1S/C9H15N4/c1-12(10)8-6-4-5-7-9(8)13(2,3)11/h4-7,10-11H,1-3H3/q-1. The van der Waals surface area contributed by atoms with E-state index in [1.54, 1.807) is 21.1 Å². The van der Waals surface area contributed by atoms with Crippen LogP contribution in [0.1, 0.15) is 0 Å². The van der Waals surface area contributed by atoms with E-state index in [2.05, 4.69) is 0 Å². The van der Waals surface area contributed by atoms with Crippen molar-refractivity contribution in [1.82, 2.24) is 4.59 Å². The Morgan fingerprint density at radius 1 is 1.23 bits per heavy atom. The second-order valence-electron chi connectivity index (χ2n) is 3.50. The van der Waals surface area contributed by atoms with Gasteiger partial charge in [-0.25, -0.2) is 0 Å². The molecule has 0 radical (unpaired) electrons. The lowest BCUT2D eigenvalue weighted by atomic mass is 10.2. The molecule has 0 aromatic heterocycles. The van der Waals surface area contributed by atoms with E-state index >= 15 is 0 Å². The van der Waals surface area contributed by atoms with Crippen molar-refractivity contribution in [2.45, 2.75) is 0 Å². The first-order valence-corrected chi connectivity index (χ1v) is 4.06. The Bertz CT molecular complexity index is 288. The molecule has 0 atom stereocenters. The van der Waals surface area contributed by atoms with Crippen LogP contribution in [0.3, 0.4) is 0 Å². The van der Waals surface area contributed by atoms with Crippen LogP contribution in [0.15, 0.2) is 24.3 Å². The van der Waals surface area contributed by atoms with E-state index in [0.29, 0.717) is 0 Å². The molecule has 0 heterocycles. The molecule has 0 spiro atoms. The number of nitrogens with one attached hydrogen (secondary N) is 2. The predicted octanol–water partition coefficient (Wildman–Crippen LogP) is 2.62. The molecule has 0 aliphatic rings. The lowest BCUT2D eigenvalue weighted by molar-refractivity contribution is 0.543. The van der Waals surface area contributed by atoms with E-state index in [-0.39, 0.29) is 4.59 Å². The highest BCUT2D eigenvalue weighted by molar-refractivity contribution is 5.69. The number of nitrogens with zero attached hydrogens (tertiary/aromatic N) is 2. The highest BCUT2D eigenvalue weighted by Crippen LogP contribution is 2.30. The normalized spacial score (nSPS) is 11.5. The largest absolute Gasteiger partial charge is 0.583 e. The SMILES string of the molecule is CN([NH-])c1ccccc1[N+](C)(C)[NH-]. The van der Waals surface area contributed by atoms with Crippen molar-refractivity contribution < 1.29 is 0 Å². The summed E-state index contributed by atoms with van der Waals surface area (Å²) in [6.07, 6.45) is 0. The number of hydrogen-bond donors (Lipinski definition) is 0. The fourth-order valence-electron chi connectivity index (χ4n) is 1.22. The predicted molar refractivity (Wildman–Crippen MR) is 57.1 cm³/mol. The summed E-state index contributed by atoms with van der Waals surface area (Å²) in [6, 6.07) is 7.47. The summed E-state index contributed by atoms with van der Waals surface area (Å²) in [5.41, 5.74) is 1.59. The fraction of sp³-hybridized carbons (Fsp3) is 0.333. The molecule has 1 aromatic carbocycles. The first-order chi connectivity index (χ1) is 5.93. The molecule has 4 nitrogen and oxygen atoms in total. The Labute approximate surface area is 78.9 Å². The van der Waals surface area contributed by atoms with Crippen LogP contribution in [-0.4, -0.2) is 21.1 Å². The molecule has 2 N–H and O–H groups in total. The zero-order chi connectivity index (χ0) is 10.1. The number of quaternary nitrogens is 1. The maximum atomic E-state index is 7.83. The molecule has 4 heteroatoms. The van der Waals surface area contributed by atoms with Gasteiger partial charge >= 0.3 is 0 Å². The molecule has 0 fully saturated rings. The summed E-state index contributed by atoms with van der Waals surface area (Å²) in [7, 11) is 5.19. The van der Waals surface area contributed by atoms with Gasteiger partial charge in [-0.2, -0.15) is 0 Å². The first-order valence-electron chi connectivity index (χ1n) is 4.06. The van der Waals surface area contributed by atoms with Crippen molar-refractivity contribution in [3.63, 3.8) is 0 Å². The third kappa shape index (κ3) is 2.18. The maximum absolute atomic E-state index is 7.83. The quantitative estimate of drug-likeness (QED) is 0.508. The van der Waals surface area contributed by atoms with Crippen molar-refractivity contribution in [1.29, 1.82) is 0 Å². The van der Waals surface area contributed by atoms with Crippen LogP contribution in [0.2, 0.25) is 0 Å². The second kappa shape index (κ2) is 3.33. The van der Waals surface area contributed by atoms with Gasteiger partial charge in [-0.05, 0) is 13.1 Å². The van der Waals surface area contributed by atoms with Gasteiger partial charge in [0.05, 0.1) is 19.8 Å². The number of benzene rings is 1. The van der Waals surface area contributed by atoms with Crippen molar-refractivity contribution in [2.24, 2.45) is 0 Å². The summed E-state index contributed by atoms with van der Waals surface area (Å²) < 4.78 is -0.0145. The van der Waals surface area contributed by atoms with Gasteiger partial charge in [0.2, 0.25) is 0 Å².